The van der Waals surface area contributed by atoms with Crippen LogP contribution in [0.15, 0.2) is 54.6 Å². The van der Waals surface area contributed by atoms with Gasteiger partial charge in [-0.3, -0.25) is 0 Å². The highest BCUT2D eigenvalue weighted by molar-refractivity contribution is 5.45. The normalized spacial score (nSPS) is 31.6. The smallest absolute Gasteiger partial charge is 0.384 e. The van der Waals surface area contributed by atoms with Gasteiger partial charge < -0.3 is 5.32 Å². The quantitative estimate of drug-likeness (QED) is 0.572. The molecule has 4 aliphatic rings. The van der Waals surface area contributed by atoms with Crippen molar-refractivity contribution in [3.05, 3.63) is 65.7 Å². The fourth-order valence-electron chi connectivity index (χ4n) is 6.81. The maximum absolute atomic E-state index is 12.8. The van der Waals surface area contributed by atoms with Gasteiger partial charge in [0.25, 0.3) is 0 Å². The van der Waals surface area contributed by atoms with Crippen LogP contribution in [-0.2, 0) is 6.18 Å². The lowest BCUT2D eigenvalue weighted by Crippen LogP contribution is -2.48. The first-order valence-electron chi connectivity index (χ1n) is 10.9. The number of nitrogens with one attached hydrogen (secondary N) is 1. The molecule has 4 aliphatic carbocycles. The molecule has 0 spiro atoms. The number of hydrogen-bond acceptors (Lipinski definition) is 1. The molecule has 4 bridgehead atoms. The van der Waals surface area contributed by atoms with Gasteiger partial charge in [0, 0.05) is 18.2 Å². The van der Waals surface area contributed by atoms with Crippen molar-refractivity contribution < 1.29 is 13.2 Å². The summed E-state index contributed by atoms with van der Waals surface area (Å²) in [6.45, 7) is 0.780. The fourth-order valence-corrected chi connectivity index (χ4v) is 6.81. The summed E-state index contributed by atoms with van der Waals surface area (Å²) in [6.07, 6.45) is 2.66. The molecule has 0 heterocycles. The molecule has 154 valence electrons. The second-order valence-corrected chi connectivity index (χ2v) is 9.48. The number of alkyl halides is 3. The van der Waals surface area contributed by atoms with Crippen LogP contribution in [-0.4, -0.2) is 6.54 Å². The first-order chi connectivity index (χ1) is 14.0. The van der Waals surface area contributed by atoms with Crippen LogP contribution >= 0.6 is 0 Å². The maximum Gasteiger partial charge on any atom is 0.416 e. The summed E-state index contributed by atoms with van der Waals surface area (Å²) in [5, 5.41) is 3.46. The van der Waals surface area contributed by atoms with Crippen LogP contribution in [0.5, 0.6) is 0 Å². The average Bonchev–Trinajstić information content (AvgIpc) is 2.70. The van der Waals surface area contributed by atoms with Crippen molar-refractivity contribution in [1.29, 1.82) is 0 Å². The first kappa shape index (κ1) is 19.0. The Balaban J connectivity index is 1.36. The van der Waals surface area contributed by atoms with Gasteiger partial charge in [-0.1, -0.05) is 30.3 Å². The summed E-state index contributed by atoms with van der Waals surface area (Å²) >= 11 is 0. The van der Waals surface area contributed by atoms with Crippen molar-refractivity contribution in [1.82, 2.24) is 0 Å². The van der Waals surface area contributed by atoms with Crippen molar-refractivity contribution in [2.45, 2.75) is 44.2 Å². The predicted molar refractivity (Wildman–Crippen MR) is 110 cm³/mol. The third-order valence-corrected chi connectivity index (χ3v) is 7.73. The molecule has 4 fully saturated rings. The second-order valence-electron chi connectivity index (χ2n) is 9.48. The first-order valence-corrected chi connectivity index (χ1v) is 10.9. The van der Waals surface area contributed by atoms with E-state index in [-0.39, 0.29) is 0 Å². The van der Waals surface area contributed by atoms with Gasteiger partial charge in [-0.25, -0.2) is 0 Å². The van der Waals surface area contributed by atoms with Gasteiger partial charge in [0.2, 0.25) is 0 Å². The molecule has 0 aliphatic heterocycles. The zero-order valence-electron chi connectivity index (χ0n) is 16.5. The molecule has 4 saturated carbocycles. The molecular formula is C25H28F3N. The van der Waals surface area contributed by atoms with Crippen LogP contribution in [0.3, 0.4) is 0 Å². The van der Waals surface area contributed by atoms with Crippen LogP contribution in [0.2, 0.25) is 0 Å². The largest absolute Gasteiger partial charge is 0.416 e. The van der Waals surface area contributed by atoms with Crippen LogP contribution in [0.4, 0.5) is 18.9 Å². The van der Waals surface area contributed by atoms with Crippen LogP contribution < -0.4 is 5.32 Å². The van der Waals surface area contributed by atoms with E-state index in [1.165, 1.54) is 49.8 Å². The Labute approximate surface area is 170 Å². The van der Waals surface area contributed by atoms with Crippen LogP contribution in [0.1, 0.15) is 49.1 Å². The summed E-state index contributed by atoms with van der Waals surface area (Å²) in [5.74, 6) is 4.60. The fraction of sp³-hybridized carbons (Fsp3) is 0.520. The van der Waals surface area contributed by atoms with Gasteiger partial charge in [0.05, 0.1) is 5.56 Å². The molecule has 1 nitrogen and oxygen atoms in total. The lowest BCUT2D eigenvalue weighted by molar-refractivity contribution is -0.137. The van der Waals surface area contributed by atoms with Crippen molar-refractivity contribution in [3.8, 4) is 0 Å². The molecule has 1 unspecified atom stereocenters. The number of rotatable bonds is 5. The Morgan fingerprint density at radius 3 is 1.93 bits per heavy atom. The highest BCUT2D eigenvalue weighted by Gasteiger charge is 2.50. The van der Waals surface area contributed by atoms with Crippen molar-refractivity contribution in [3.63, 3.8) is 0 Å². The van der Waals surface area contributed by atoms with Crippen LogP contribution in [0, 0.1) is 29.6 Å². The van der Waals surface area contributed by atoms with Gasteiger partial charge >= 0.3 is 6.18 Å². The standard InChI is InChI=1S/C25H28F3N/c26-25(27,28)21-6-8-22(9-7-21)29-15-23(18-4-2-1-3-5-18)24-19-11-16-10-17(13-19)14-20(24)12-16/h1-9,16-17,19-20,23-24,29H,10-15H2. The zero-order chi connectivity index (χ0) is 20.0. The Hall–Kier alpha value is -1.97. The number of hydrogen-bond donors (Lipinski definition) is 1. The van der Waals surface area contributed by atoms with E-state index in [1.54, 1.807) is 12.1 Å². The molecule has 0 saturated heterocycles. The van der Waals surface area contributed by atoms with E-state index in [2.05, 4.69) is 35.6 Å². The molecule has 6 rings (SSSR count). The topological polar surface area (TPSA) is 12.0 Å². The van der Waals surface area contributed by atoms with E-state index in [9.17, 15) is 13.2 Å². The Morgan fingerprint density at radius 1 is 0.793 bits per heavy atom. The molecule has 2 aromatic carbocycles. The Morgan fingerprint density at radius 2 is 1.38 bits per heavy atom. The van der Waals surface area contributed by atoms with Crippen molar-refractivity contribution in [2.75, 3.05) is 11.9 Å². The summed E-state index contributed by atoms with van der Waals surface area (Å²) < 4.78 is 38.5. The molecule has 0 radical (unpaired) electrons. The zero-order valence-corrected chi connectivity index (χ0v) is 16.5. The van der Waals surface area contributed by atoms with Gasteiger partial charge in [-0.2, -0.15) is 13.2 Å². The number of anilines is 1. The lowest BCUT2D eigenvalue weighted by Gasteiger charge is -2.56. The highest BCUT2D eigenvalue weighted by Crippen LogP contribution is 2.59. The van der Waals surface area contributed by atoms with E-state index in [4.69, 9.17) is 0 Å². The van der Waals surface area contributed by atoms with Gasteiger partial charge in [0.15, 0.2) is 0 Å². The molecule has 0 amide bonds. The van der Waals surface area contributed by atoms with E-state index in [0.717, 1.165) is 35.9 Å². The third kappa shape index (κ3) is 3.78. The summed E-state index contributed by atoms with van der Waals surface area (Å²) in [7, 11) is 0. The molecule has 0 aromatic heterocycles. The third-order valence-electron chi connectivity index (χ3n) is 7.73. The number of halogens is 3. The number of benzene rings is 2. The van der Waals surface area contributed by atoms with Crippen LogP contribution in [0.25, 0.3) is 0 Å². The summed E-state index contributed by atoms with van der Waals surface area (Å²) in [6, 6.07) is 16.2. The van der Waals surface area contributed by atoms with Crippen molar-refractivity contribution >= 4 is 5.69 Å². The van der Waals surface area contributed by atoms with E-state index in [0.29, 0.717) is 11.8 Å². The molecule has 1 N–H and O–H groups in total. The monoisotopic (exact) mass is 399 g/mol. The molecule has 1 atom stereocenters. The SMILES string of the molecule is FC(F)(F)c1ccc(NCC(c2ccccc2)C2C3CC4CC(C3)CC2C4)cc1. The minimum absolute atomic E-state index is 0.411. The minimum atomic E-state index is -4.29. The summed E-state index contributed by atoms with van der Waals surface area (Å²) in [4.78, 5) is 0. The van der Waals surface area contributed by atoms with E-state index < -0.39 is 11.7 Å². The van der Waals surface area contributed by atoms with Gasteiger partial charge in [-0.05, 0) is 91.5 Å². The van der Waals surface area contributed by atoms with Gasteiger partial charge in [0.1, 0.15) is 0 Å². The molecule has 4 heteroatoms. The van der Waals surface area contributed by atoms with Gasteiger partial charge in [-0.15, -0.1) is 0 Å². The maximum atomic E-state index is 12.8. The van der Waals surface area contributed by atoms with Crippen molar-refractivity contribution in [2.24, 2.45) is 29.6 Å². The Bertz CT molecular complexity index is 799. The predicted octanol–water partition coefficient (Wildman–Crippen LogP) is 6.97. The lowest BCUT2D eigenvalue weighted by atomic mass is 9.49. The van der Waals surface area contributed by atoms with E-state index >= 15 is 0 Å². The molecular weight excluding hydrogens is 371 g/mol. The highest BCUT2D eigenvalue weighted by atomic mass is 19.4. The molecule has 2 aromatic rings. The Kier molecular flexibility index (Phi) is 4.84. The minimum Gasteiger partial charge on any atom is -0.384 e. The average molecular weight is 400 g/mol. The molecule has 29 heavy (non-hydrogen) atoms. The second kappa shape index (κ2) is 7.37. The van der Waals surface area contributed by atoms with E-state index in [1.807, 2.05) is 0 Å². The summed E-state index contributed by atoms with van der Waals surface area (Å²) in [5.41, 5.74) is 1.54.